The van der Waals surface area contributed by atoms with Crippen LogP contribution in [-0.2, 0) is 11.3 Å². The van der Waals surface area contributed by atoms with Crippen molar-refractivity contribution in [1.82, 2.24) is 5.32 Å². The van der Waals surface area contributed by atoms with E-state index in [1.807, 2.05) is 0 Å². The number of hydrogen-bond acceptors (Lipinski definition) is 4. The molecule has 3 N–H and O–H groups in total. The number of anilines is 2. The van der Waals surface area contributed by atoms with E-state index in [2.05, 4.69) is 10.6 Å². The summed E-state index contributed by atoms with van der Waals surface area (Å²) in [7, 11) is 5.62. The summed E-state index contributed by atoms with van der Waals surface area (Å²) in [5.41, 5.74) is 0.690. The van der Waals surface area contributed by atoms with E-state index < -0.39 is 43.5 Å². The fourth-order valence-electron chi connectivity index (χ4n) is 3.17. The third-order valence-corrected chi connectivity index (χ3v) is 5.33. The Kier molecular flexibility index (Phi) is 9.52. The van der Waals surface area contributed by atoms with E-state index in [0.29, 0.717) is 11.2 Å². The zero-order valence-corrected chi connectivity index (χ0v) is 20.5. The van der Waals surface area contributed by atoms with Crippen molar-refractivity contribution < 1.29 is 41.1 Å². The molecule has 0 atom stereocenters. The summed E-state index contributed by atoms with van der Waals surface area (Å²) >= 11 is 6.08. The van der Waals surface area contributed by atoms with E-state index in [1.54, 1.807) is 5.32 Å². The summed E-state index contributed by atoms with van der Waals surface area (Å²) in [5.74, 6) is -3.86. The van der Waals surface area contributed by atoms with Gasteiger partial charge in [-0.1, -0.05) is 35.3 Å². The van der Waals surface area contributed by atoms with E-state index in [-0.39, 0.29) is 33.1 Å². The molecule has 0 aliphatic rings. The normalized spacial score (nSPS) is 11.2. The van der Waals surface area contributed by atoms with Crippen LogP contribution in [-0.4, -0.2) is 44.8 Å². The Bertz CT molecular complexity index is 1370. The maximum Gasteiger partial charge on any atom is 0.471 e. The Balaban J connectivity index is 1.82. The Labute approximate surface area is 225 Å². The summed E-state index contributed by atoms with van der Waals surface area (Å²) in [5, 5.41) is 6.69. The van der Waals surface area contributed by atoms with Crippen molar-refractivity contribution in [3.8, 4) is 5.75 Å². The van der Waals surface area contributed by atoms with E-state index in [9.17, 15) is 36.3 Å². The number of nitrogens with one attached hydrogen (secondary N) is 3. The average molecular weight is 566 g/mol. The Hall–Kier alpha value is -4.13. The summed E-state index contributed by atoms with van der Waals surface area (Å²) < 4.78 is 67.8. The Morgan fingerprint density at radius 1 is 0.872 bits per heavy atom. The van der Waals surface area contributed by atoms with Gasteiger partial charge < -0.3 is 20.7 Å². The molecule has 14 heteroatoms. The number of carbonyl (C=O) groups excluding carboxylic acids is 3. The molecule has 3 aromatic rings. The second-order valence-corrected chi connectivity index (χ2v) is 8.35. The molecule has 0 aliphatic carbocycles. The lowest BCUT2D eigenvalue weighted by Gasteiger charge is -2.15. The van der Waals surface area contributed by atoms with Gasteiger partial charge in [-0.15, -0.1) is 0 Å². The highest BCUT2D eigenvalue weighted by Gasteiger charge is 2.38. The average Bonchev–Trinajstić information content (AvgIpc) is 2.87. The summed E-state index contributed by atoms with van der Waals surface area (Å²) in [6, 6.07) is 13.6. The molecule has 39 heavy (non-hydrogen) atoms. The highest BCUT2D eigenvalue weighted by Crippen LogP contribution is 2.26. The molecule has 7 nitrogen and oxygen atoms in total. The molecule has 202 valence electrons. The minimum absolute atomic E-state index is 0.0448. The number of carbonyl (C=O) groups is 3. The molecule has 3 aromatic carbocycles. The first kappa shape index (κ1) is 29.4. The molecular weight excluding hydrogens is 548 g/mol. The van der Waals surface area contributed by atoms with Crippen molar-refractivity contribution in [1.29, 1.82) is 0 Å². The molecule has 3 rings (SSSR count). The van der Waals surface area contributed by atoms with Crippen LogP contribution >= 0.6 is 11.6 Å². The number of rotatable bonds is 9. The molecule has 3 amide bonds. The quantitative estimate of drug-likeness (QED) is 0.264. The molecule has 0 saturated heterocycles. The predicted octanol–water partition coefficient (Wildman–Crippen LogP) is 4.46. The maximum atomic E-state index is 12.9. The van der Waals surface area contributed by atoms with Crippen molar-refractivity contribution in [3.63, 3.8) is 0 Å². The summed E-state index contributed by atoms with van der Waals surface area (Å²) in [4.78, 5) is 36.9. The van der Waals surface area contributed by atoms with E-state index in [1.165, 1.54) is 60.7 Å². The van der Waals surface area contributed by atoms with Crippen LogP contribution in [0.1, 0.15) is 26.3 Å². The van der Waals surface area contributed by atoms with E-state index >= 15 is 0 Å². The Morgan fingerprint density at radius 2 is 1.49 bits per heavy atom. The van der Waals surface area contributed by atoms with Crippen LogP contribution in [0, 0.1) is 0 Å². The highest BCUT2D eigenvalue weighted by atomic mass is 35.5. The highest BCUT2D eigenvalue weighted by molar-refractivity contribution is 6.34. The molecule has 0 fully saturated rings. The van der Waals surface area contributed by atoms with Gasteiger partial charge in [-0.2, -0.15) is 13.2 Å². The van der Waals surface area contributed by atoms with Gasteiger partial charge in [-0.05, 0) is 48.0 Å². The van der Waals surface area contributed by atoms with Crippen LogP contribution in [0.15, 0.2) is 60.7 Å². The first-order chi connectivity index (χ1) is 18.3. The fourth-order valence-corrected chi connectivity index (χ4v) is 3.37. The van der Waals surface area contributed by atoms with Crippen LogP contribution in [0.4, 0.5) is 33.3 Å². The van der Waals surface area contributed by atoms with Crippen molar-refractivity contribution in [2.75, 3.05) is 17.2 Å². The van der Waals surface area contributed by atoms with Gasteiger partial charge in [-0.25, -0.2) is 8.78 Å². The molecule has 0 saturated carbocycles. The largest absolute Gasteiger partial charge is 0.487 e. The minimum atomic E-state index is -5.07. The number of halogens is 6. The summed E-state index contributed by atoms with van der Waals surface area (Å²) in [6.45, 7) is -1.51. The zero-order chi connectivity index (χ0) is 28.7. The first-order valence-corrected chi connectivity index (χ1v) is 11.4. The lowest BCUT2D eigenvalue weighted by molar-refractivity contribution is -0.173. The minimum Gasteiger partial charge on any atom is -0.487 e. The molecular formula is C25H18BClF5N3O4. The van der Waals surface area contributed by atoms with Crippen LogP contribution in [0.5, 0.6) is 5.75 Å². The molecule has 0 aliphatic heterocycles. The maximum absolute atomic E-state index is 12.9. The van der Waals surface area contributed by atoms with Crippen molar-refractivity contribution in [2.24, 2.45) is 0 Å². The molecule has 0 bridgehead atoms. The number of benzene rings is 3. The molecule has 0 aromatic heterocycles. The van der Waals surface area contributed by atoms with Crippen LogP contribution in [0.2, 0.25) is 5.02 Å². The zero-order valence-electron chi connectivity index (χ0n) is 19.7. The van der Waals surface area contributed by atoms with Gasteiger partial charge in [0, 0.05) is 17.9 Å². The first-order valence-electron chi connectivity index (χ1n) is 11.0. The van der Waals surface area contributed by atoms with Gasteiger partial charge in [0.2, 0.25) is 0 Å². The van der Waals surface area contributed by atoms with E-state index in [4.69, 9.17) is 24.2 Å². The number of alkyl halides is 5. The molecule has 2 radical (unpaired) electrons. The van der Waals surface area contributed by atoms with Crippen molar-refractivity contribution in [3.05, 3.63) is 82.4 Å². The van der Waals surface area contributed by atoms with Gasteiger partial charge in [0.1, 0.15) is 20.2 Å². The number of amides is 3. The second kappa shape index (κ2) is 12.6. The monoisotopic (exact) mass is 565 g/mol. The third kappa shape index (κ3) is 8.44. The molecule has 0 heterocycles. The van der Waals surface area contributed by atoms with Crippen LogP contribution < -0.4 is 26.2 Å². The standard InChI is InChI=1S/C25H18BClF5N3O4/c26-14-2-4-15(5-3-14)34-23(37)18-10-16(6-8-20(18)39-12-21(28)29)35-22(36)17-9-13(1-7-19(17)27)11-33-24(38)25(30,31)32/h1-10,21H,11-12H2,(H,33,38)(H,34,37)(H,35,36). The van der Waals surface area contributed by atoms with Gasteiger partial charge >= 0.3 is 12.1 Å². The lowest BCUT2D eigenvalue weighted by atomic mass is 9.96. The van der Waals surface area contributed by atoms with Crippen LogP contribution in [0.25, 0.3) is 0 Å². The Morgan fingerprint density at radius 3 is 2.13 bits per heavy atom. The smallest absolute Gasteiger partial charge is 0.471 e. The lowest BCUT2D eigenvalue weighted by Crippen LogP contribution is -2.36. The predicted molar refractivity (Wildman–Crippen MR) is 135 cm³/mol. The van der Waals surface area contributed by atoms with Gasteiger partial charge in [0.05, 0.1) is 16.1 Å². The SMILES string of the molecule is [B]c1ccc(NC(=O)c2cc(NC(=O)c3cc(CNC(=O)C(F)(F)F)ccc3Cl)ccc2OCC(F)F)cc1. The summed E-state index contributed by atoms with van der Waals surface area (Å²) in [6.07, 6.45) is -7.89. The van der Waals surface area contributed by atoms with Crippen LogP contribution in [0.3, 0.4) is 0 Å². The van der Waals surface area contributed by atoms with Crippen molar-refractivity contribution in [2.45, 2.75) is 19.1 Å². The van der Waals surface area contributed by atoms with E-state index in [0.717, 1.165) is 0 Å². The third-order valence-electron chi connectivity index (χ3n) is 5.00. The molecule has 0 spiro atoms. The van der Waals surface area contributed by atoms with Gasteiger partial charge in [0.25, 0.3) is 18.2 Å². The van der Waals surface area contributed by atoms with Gasteiger partial charge in [-0.3, -0.25) is 14.4 Å². The topological polar surface area (TPSA) is 96.5 Å². The number of hydrogen-bond donors (Lipinski definition) is 3. The fraction of sp³-hybridized carbons (Fsp3) is 0.160. The van der Waals surface area contributed by atoms with Gasteiger partial charge in [0.15, 0.2) is 0 Å². The second-order valence-electron chi connectivity index (χ2n) is 7.94. The van der Waals surface area contributed by atoms with Crippen molar-refractivity contribution >= 4 is 54.0 Å². The molecule has 0 unspecified atom stereocenters. The number of ether oxygens (including phenoxy) is 1.